The molecular formula is C19H27NO7. The Morgan fingerprint density at radius 2 is 1.44 bits per heavy atom. The van der Waals surface area contributed by atoms with E-state index in [0.29, 0.717) is 5.56 Å². The molecule has 2 N–H and O–H groups in total. The molecule has 8 heteroatoms. The number of hydrogen-bond donors (Lipinski definition) is 2. The van der Waals surface area contributed by atoms with Gasteiger partial charge in [-0.1, -0.05) is 30.3 Å². The number of rotatable bonds is 4. The fourth-order valence-corrected chi connectivity index (χ4v) is 1.99. The average molecular weight is 381 g/mol. The van der Waals surface area contributed by atoms with E-state index in [0.717, 1.165) is 0 Å². The lowest BCUT2D eigenvalue weighted by Gasteiger charge is -2.26. The van der Waals surface area contributed by atoms with Gasteiger partial charge in [0.2, 0.25) is 0 Å². The third kappa shape index (κ3) is 8.54. The van der Waals surface area contributed by atoms with Crippen LogP contribution in [-0.2, 0) is 19.0 Å². The fraction of sp³-hybridized carbons (Fsp3) is 0.526. The Bertz CT molecular complexity index is 659. The number of aliphatic hydroxyl groups is 1. The van der Waals surface area contributed by atoms with Crippen LogP contribution in [0, 0.1) is 0 Å². The molecule has 0 aliphatic rings. The van der Waals surface area contributed by atoms with Crippen molar-refractivity contribution in [3.8, 4) is 0 Å². The zero-order chi connectivity index (χ0) is 20.8. The van der Waals surface area contributed by atoms with Crippen molar-refractivity contribution in [2.45, 2.75) is 64.9 Å². The van der Waals surface area contributed by atoms with Gasteiger partial charge in [-0.05, 0) is 47.1 Å². The van der Waals surface area contributed by atoms with Gasteiger partial charge in [-0.2, -0.15) is 0 Å². The normalized spacial score (nSPS) is 13.9. The minimum absolute atomic E-state index is 0.428. The molecule has 2 atom stereocenters. The molecule has 1 aromatic carbocycles. The van der Waals surface area contributed by atoms with E-state index in [1.807, 2.05) is 0 Å². The van der Waals surface area contributed by atoms with Crippen molar-refractivity contribution in [2.24, 2.45) is 0 Å². The maximum Gasteiger partial charge on any atom is 0.516 e. The predicted octanol–water partition coefficient (Wildman–Crippen LogP) is 3.09. The van der Waals surface area contributed by atoms with Crippen molar-refractivity contribution in [1.82, 2.24) is 5.32 Å². The summed E-state index contributed by atoms with van der Waals surface area (Å²) in [4.78, 5) is 35.9. The van der Waals surface area contributed by atoms with E-state index in [4.69, 9.17) is 9.47 Å². The minimum Gasteiger partial charge on any atom is -0.444 e. The van der Waals surface area contributed by atoms with E-state index in [1.165, 1.54) is 0 Å². The first-order valence-electron chi connectivity index (χ1n) is 8.46. The Morgan fingerprint density at radius 1 is 0.926 bits per heavy atom. The highest BCUT2D eigenvalue weighted by Crippen LogP contribution is 2.20. The Hall–Kier alpha value is -2.61. The summed E-state index contributed by atoms with van der Waals surface area (Å²) in [6.07, 6.45) is -3.93. The van der Waals surface area contributed by atoms with Crippen LogP contribution in [0.4, 0.5) is 9.59 Å². The van der Waals surface area contributed by atoms with E-state index < -0.39 is 41.6 Å². The van der Waals surface area contributed by atoms with Crippen LogP contribution in [0.25, 0.3) is 0 Å². The number of carbonyl (C=O) groups excluding carboxylic acids is 3. The molecule has 0 aromatic heterocycles. The van der Waals surface area contributed by atoms with Gasteiger partial charge in [0.1, 0.15) is 11.2 Å². The number of alkyl carbamates (subject to hydrolysis) is 1. The van der Waals surface area contributed by atoms with Gasteiger partial charge in [-0.25, -0.2) is 14.4 Å². The summed E-state index contributed by atoms with van der Waals surface area (Å²) in [5.41, 5.74) is -1.21. The van der Waals surface area contributed by atoms with Crippen molar-refractivity contribution >= 4 is 18.2 Å². The molecule has 8 nitrogen and oxygen atoms in total. The summed E-state index contributed by atoms with van der Waals surface area (Å²) in [5.74, 6) is -1.26. The molecular weight excluding hydrogens is 354 g/mol. The lowest BCUT2D eigenvalue weighted by atomic mass is 10.0. The molecule has 1 amide bonds. The molecule has 0 bridgehead atoms. The van der Waals surface area contributed by atoms with Crippen molar-refractivity contribution in [3.63, 3.8) is 0 Å². The molecule has 0 saturated carbocycles. The molecule has 0 radical (unpaired) electrons. The smallest absolute Gasteiger partial charge is 0.444 e. The molecule has 0 fully saturated rings. The average Bonchev–Trinajstić information content (AvgIpc) is 2.49. The van der Waals surface area contributed by atoms with Gasteiger partial charge in [-0.3, -0.25) is 0 Å². The summed E-state index contributed by atoms with van der Waals surface area (Å²) < 4.78 is 14.6. The van der Waals surface area contributed by atoms with Crippen LogP contribution >= 0.6 is 0 Å². The van der Waals surface area contributed by atoms with Gasteiger partial charge in [0.05, 0.1) is 6.04 Å². The predicted molar refractivity (Wildman–Crippen MR) is 96.9 cm³/mol. The summed E-state index contributed by atoms with van der Waals surface area (Å²) in [6, 6.07) is 7.10. The molecule has 0 unspecified atom stereocenters. The third-order valence-electron chi connectivity index (χ3n) is 2.96. The molecule has 0 spiro atoms. The quantitative estimate of drug-likeness (QED) is 0.609. The largest absolute Gasteiger partial charge is 0.516 e. The van der Waals surface area contributed by atoms with E-state index in [2.05, 4.69) is 10.1 Å². The fourth-order valence-electron chi connectivity index (χ4n) is 1.99. The topological polar surface area (TPSA) is 111 Å². The monoisotopic (exact) mass is 381 g/mol. The second-order valence-corrected chi connectivity index (χ2v) is 7.86. The van der Waals surface area contributed by atoms with Gasteiger partial charge in [0, 0.05) is 0 Å². The van der Waals surface area contributed by atoms with Crippen LogP contribution in [0.5, 0.6) is 0 Å². The zero-order valence-corrected chi connectivity index (χ0v) is 16.4. The van der Waals surface area contributed by atoms with Crippen LogP contribution in [0.15, 0.2) is 30.3 Å². The second kappa shape index (κ2) is 8.85. The Balaban J connectivity index is 2.93. The first-order chi connectivity index (χ1) is 12.3. The first-order valence-corrected chi connectivity index (χ1v) is 8.46. The summed E-state index contributed by atoms with van der Waals surface area (Å²) in [7, 11) is 0. The SMILES string of the molecule is CC(C)(C)OC(=O)N[C@@H](c1ccccc1)[C@@H](O)C(=O)OC(=O)OC(C)(C)C. The molecule has 0 aliphatic heterocycles. The van der Waals surface area contributed by atoms with Crippen LogP contribution in [0.2, 0.25) is 0 Å². The standard InChI is InChI=1S/C19H27NO7/c1-18(2,3)26-16(23)20-13(12-10-8-7-9-11-12)14(21)15(22)25-17(24)27-19(4,5)6/h7-11,13-14,21H,1-6H3,(H,20,23)/t13-,14+/m0/s1. The van der Waals surface area contributed by atoms with Gasteiger partial charge >= 0.3 is 18.2 Å². The highest BCUT2D eigenvalue weighted by molar-refractivity contribution is 5.86. The van der Waals surface area contributed by atoms with Crippen molar-refractivity contribution in [1.29, 1.82) is 0 Å². The van der Waals surface area contributed by atoms with E-state index in [-0.39, 0.29) is 0 Å². The molecule has 0 saturated heterocycles. The van der Waals surface area contributed by atoms with Gasteiger partial charge in [-0.15, -0.1) is 0 Å². The van der Waals surface area contributed by atoms with E-state index >= 15 is 0 Å². The minimum atomic E-state index is -1.85. The molecule has 27 heavy (non-hydrogen) atoms. The lowest BCUT2D eigenvalue weighted by molar-refractivity contribution is -0.152. The van der Waals surface area contributed by atoms with Crippen molar-refractivity contribution < 1.29 is 33.7 Å². The highest BCUT2D eigenvalue weighted by atomic mass is 16.8. The maximum absolute atomic E-state index is 12.2. The number of aliphatic hydroxyl groups excluding tert-OH is 1. The van der Waals surface area contributed by atoms with Gasteiger partial charge in [0.25, 0.3) is 0 Å². The van der Waals surface area contributed by atoms with Crippen LogP contribution in [0.3, 0.4) is 0 Å². The molecule has 0 aliphatic carbocycles. The molecule has 1 rings (SSSR count). The summed E-state index contributed by atoms with van der Waals surface area (Å²) in [5, 5.41) is 12.8. The van der Waals surface area contributed by atoms with Crippen molar-refractivity contribution in [3.05, 3.63) is 35.9 Å². The lowest BCUT2D eigenvalue weighted by Crippen LogP contribution is -2.43. The van der Waals surface area contributed by atoms with Crippen LogP contribution in [0.1, 0.15) is 53.1 Å². The number of esters is 1. The number of nitrogens with one attached hydrogen (secondary N) is 1. The Labute approximate surface area is 158 Å². The molecule has 0 heterocycles. The Morgan fingerprint density at radius 3 is 1.93 bits per heavy atom. The number of amides is 1. The Kier molecular flexibility index (Phi) is 7.36. The number of benzene rings is 1. The zero-order valence-electron chi connectivity index (χ0n) is 16.4. The van der Waals surface area contributed by atoms with Gasteiger partial charge < -0.3 is 24.6 Å². The number of carbonyl (C=O) groups is 3. The summed E-state index contributed by atoms with van der Waals surface area (Å²) in [6.45, 7) is 9.84. The molecule has 150 valence electrons. The maximum atomic E-state index is 12.2. The number of hydrogen-bond acceptors (Lipinski definition) is 7. The third-order valence-corrected chi connectivity index (χ3v) is 2.96. The first kappa shape index (κ1) is 22.4. The van der Waals surface area contributed by atoms with E-state index in [1.54, 1.807) is 71.9 Å². The van der Waals surface area contributed by atoms with E-state index in [9.17, 15) is 19.5 Å². The van der Waals surface area contributed by atoms with Gasteiger partial charge in [0.15, 0.2) is 6.10 Å². The highest BCUT2D eigenvalue weighted by Gasteiger charge is 2.34. The number of ether oxygens (including phenoxy) is 3. The van der Waals surface area contributed by atoms with Crippen LogP contribution < -0.4 is 5.32 Å². The van der Waals surface area contributed by atoms with Crippen molar-refractivity contribution in [2.75, 3.05) is 0 Å². The second-order valence-electron chi connectivity index (χ2n) is 7.86. The molecule has 1 aromatic rings. The van der Waals surface area contributed by atoms with Crippen LogP contribution in [-0.4, -0.2) is 40.6 Å². The summed E-state index contributed by atoms with van der Waals surface area (Å²) >= 11 is 0.